The van der Waals surface area contributed by atoms with Crippen LogP contribution >= 0.6 is 11.8 Å². The van der Waals surface area contributed by atoms with Crippen LogP contribution in [0, 0.1) is 0 Å². The number of aliphatic hydroxyl groups is 1. The lowest BCUT2D eigenvalue weighted by atomic mass is 9.98. The number of thioether (sulfide) groups is 1. The topological polar surface area (TPSA) is 135 Å². The number of esters is 1. The summed E-state index contributed by atoms with van der Waals surface area (Å²) in [6, 6.07) is 39.6. The highest BCUT2D eigenvalue weighted by Crippen LogP contribution is 2.40. The van der Waals surface area contributed by atoms with E-state index in [-0.39, 0.29) is 31.3 Å². The van der Waals surface area contributed by atoms with Crippen LogP contribution in [-0.4, -0.2) is 48.0 Å². The molecule has 5 aromatic carbocycles. The maximum atomic E-state index is 13.0. The van der Waals surface area contributed by atoms with E-state index in [0.717, 1.165) is 49.5 Å². The fourth-order valence-electron chi connectivity index (χ4n) is 6.40. The molecule has 5 aromatic rings. The number of hydrogen-bond donors (Lipinski definition) is 4. The zero-order chi connectivity index (χ0) is 38.6. The second-order valence-corrected chi connectivity index (χ2v) is 14.3. The van der Waals surface area contributed by atoms with Gasteiger partial charge >= 0.3 is 12.0 Å². The summed E-state index contributed by atoms with van der Waals surface area (Å²) in [6.45, 7) is 1.70. The Labute approximate surface area is 325 Å². The quantitative estimate of drug-likeness (QED) is 0.0668. The van der Waals surface area contributed by atoms with Crippen molar-refractivity contribution in [3.63, 3.8) is 0 Å². The Morgan fingerprint density at radius 2 is 1.51 bits per heavy atom. The highest BCUT2D eigenvalue weighted by Gasteiger charge is 2.32. The Kier molecular flexibility index (Phi) is 13.7. The molecule has 1 fully saturated rings. The van der Waals surface area contributed by atoms with Crippen molar-refractivity contribution in [2.75, 3.05) is 18.2 Å². The predicted molar refractivity (Wildman–Crippen MR) is 213 cm³/mol. The third-order valence-electron chi connectivity index (χ3n) is 9.25. The standard InChI is InChI=1S/C44H45N3O7S/c1-29(49)46-36-20-22-38(23-21-36)55-28-37-25-41(33-14-12-31(27-48)13-15-33)54-43(53-37)34-18-16-32(17-19-34)39-11-7-6-10-35(39)26-45-44(51)47-40(42(50)52-2)24-30-8-4-3-5-9-30/h3-23,37,40-41,43,48H,24-28H2,1-2H3,(H,46,49)(H2,45,47,51)/t37-,40-,41+,43+/m0/s1. The van der Waals surface area contributed by atoms with Gasteiger partial charge in [0.25, 0.3) is 0 Å². The number of amides is 3. The van der Waals surface area contributed by atoms with Crippen LogP contribution in [0.1, 0.15) is 53.6 Å². The zero-order valence-electron chi connectivity index (χ0n) is 30.8. The van der Waals surface area contributed by atoms with Gasteiger partial charge in [0, 0.05) is 48.2 Å². The minimum absolute atomic E-state index is 0.0269. The van der Waals surface area contributed by atoms with Crippen molar-refractivity contribution in [2.45, 2.75) is 62.4 Å². The molecular formula is C44H45N3O7S. The molecule has 0 aromatic heterocycles. The number of nitrogens with one attached hydrogen (secondary N) is 3. The largest absolute Gasteiger partial charge is 0.467 e. The lowest BCUT2D eigenvalue weighted by Crippen LogP contribution is -2.47. The Hall–Kier alpha value is -5.46. The molecule has 1 aliphatic heterocycles. The third kappa shape index (κ3) is 11.1. The average Bonchev–Trinajstić information content (AvgIpc) is 3.22. The number of hydrogen-bond acceptors (Lipinski definition) is 8. The average molecular weight is 760 g/mol. The molecule has 0 unspecified atom stereocenters. The van der Waals surface area contributed by atoms with Crippen LogP contribution in [0.15, 0.2) is 132 Å². The van der Waals surface area contributed by atoms with Crippen LogP contribution in [0.25, 0.3) is 11.1 Å². The molecule has 55 heavy (non-hydrogen) atoms. The van der Waals surface area contributed by atoms with Gasteiger partial charge in [-0.1, -0.05) is 103 Å². The lowest BCUT2D eigenvalue weighted by Gasteiger charge is -2.36. The van der Waals surface area contributed by atoms with E-state index in [0.29, 0.717) is 18.6 Å². The first kappa shape index (κ1) is 39.2. The molecule has 6 rings (SSSR count). The van der Waals surface area contributed by atoms with E-state index in [1.807, 2.05) is 127 Å². The summed E-state index contributed by atoms with van der Waals surface area (Å²) in [5, 5.41) is 18.0. The maximum Gasteiger partial charge on any atom is 0.328 e. The number of carbonyl (C=O) groups excluding carboxylic acids is 3. The fourth-order valence-corrected chi connectivity index (χ4v) is 7.32. The minimum Gasteiger partial charge on any atom is -0.467 e. The van der Waals surface area contributed by atoms with Gasteiger partial charge in [0.15, 0.2) is 6.29 Å². The minimum atomic E-state index is -0.834. The number of ether oxygens (including phenoxy) is 3. The van der Waals surface area contributed by atoms with Crippen LogP contribution in [-0.2, 0) is 43.4 Å². The molecule has 0 bridgehead atoms. The molecule has 1 aliphatic rings. The van der Waals surface area contributed by atoms with Gasteiger partial charge in [0.2, 0.25) is 5.91 Å². The highest BCUT2D eigenvalue weighted by molar-refractivity contribution is 7.99. The molecule has 0 spiro atoms. The smallest absolute Gasteiger partial charge is 0.328 e. The van der Waals surface area contributed by atoms with E-state index in [2.05, 4.69) is 16.0 Å². The number of urea groups is 1. The fraction of sp³-hybridized carbons (Fsp3) is 0.250. The van der Waals surface area contributed by atoms with Crippen LogP contribution in [0.4, 0.5) is 10.5 Å². The van der Waals surface area contributed by atoms with Gasteiger partial charge in [0.1, 0.15) is 6.04 Å². The first-order chi connectivity index (χ1) is 26.8. The summed E-state index contributed by atoms with van der Waals surface area (Å²) < 4.78 is 18.1. The summed E-state index contributed by atoms with van der Waals surface area (Å²) in [4.78, 5) is 37.9. The molecule has 1 heterocycles. The van der Waals surface area contributed by atoms with E-state index in [9.17, 15) is 19.5 Å². The predicted octanol–water partition coefficient (Wildman–Crippen LogP) is 7.73. The Morgan fingerprint density at radius 3 is 2.20 bits per heavy atom. The normalized spacial score (nSPS) is 17.1. The Morgan fingerprint density at radius 1 is 0.818 bits per heavy atom. The third-order valence-corrected chi connectivity index (χ3v) is 10.4. The number of aliphatic hydroxyl groups excluding tert-OH is 1. The molecule has 11 heteroatoms. The number of anilines is 1. The Bertz CT molecular complexity index is 2030. The van der Waals surface area contributed by atoms with Crippen LogP contribution in [0.3, 0.4) is 0 Å². The summed E-state index contributed by atoms with van der Waals surface area (Å²) >= 11 is 1.69. The summed E-state index contributed by atoms with van der Waals surface area (Å²) in [5.74, 6) is 0.0693. The number of carbonyl (C=O) groups is 3. The summed E-state index contributed by atoms with van der Waals surface area (Å²) in [5.41, 5.74) is 7.20. The molecular weight excluding hydrogens is 715 g/mol. The van der Waals surface area contributed by atoms with Crippen LogP contribution in [0.2, 0.25) is 0 Å². The van der Waals surface area contributed by atoms with Crippen molar-refractivity contribution in [3.05, 3.63) is 155 Å². The molecule has 4 N–H and O–H groups in total. The monoisotopic (exact) mass is 759 g/mol. The number of benzene rings is 5. The van der Waals surface area contributed by atoms with Crippen molar-refractivity contribution < 1.29 is 33.7 Å². The van der Waals surface area contributed by atoms with Crippen molar-refractivity contribution in [1.82, 2.24) is 10.6 Å². The van der Waals surface area contributed by atoms with Gasteiger partial charge in [-0.15, -0.1) is 11.8 Å². The second-order valence-electron chi connectivity index (χ2n) is 13.2. The van der Waals surface area contributed by atoms with Crippen LogP contribution in [0.5, 0.6) is 0 Å². The van der Waals surface area contributed by atoms with E-state index in [1.165, 1.54) is 14.0 Å². The van der Waals surface area contributed by atoms with E-state index in [4.69, 9.17) is 14.2 Å². The first-order valence-corrected chi connectivity index (χ1v) is 19.1. The van der Waals surface area contributed by atoms with E-state index >= 15 is 0 Å². The van der Waals surface area contributed by atoms with Gasteiger partial charge in [0.05, 0.1) is 25.9 Å². The lowest BCUT2D eigenvalue weighted by molar-refractivity contribution is -0.245. The SMILES string of the molecule is COC(=O)[C@H](Cc1ccccc1)NC(=O)NCc1ccccc1-c1ccc([C@@H]2O[C@H](CSc3ccc(NC(C)=O)cc3)C[C@H](c3ccc(CO)cc3)O2)cc1. The molecule has 0 saturated carbocycles. The van der Waals surface area contributed by atoms with Crippen molar-refractivity contribution in [1.29, 1.82) is 0 Å². The summed E-state index contributed by atoms with van der Waals surface area (Å²) in [6.07, 6.45) is 0.0136. The van der Waals surface area contributed by atoms with Crippen molar-refractivity contribution in [2.24, 2.45) is 0 Å². The molecule has 0 radical (unpaired) electrons. The Balaban J connectivity index is 1.13. The summed E-state index contributed by atoms with van der Waals surface area (Å²) in [7, 11) is 1.31. The molecule has 1 saturated heterocycles. The van der Waals surface area contributed by atoms with Gasteiger partial charge in [-0.05, 0) is 57.6 Å². The molecule has 4 atom stereocenters. The van der Waals surface area contributed by atoms with Crippen molar-refractivity contribution in [3.8, 4) is 11.1 Å². The van der Waals surface area contributed by atoms with Gasteiger partial charge in [-0.25, -0.2) is 9.59 Å². The van der Waals surface area contributed by atoms with Gasteiger partial charge in [-0.2, -0.15) is 0 Å². The molecule has 284 valence electrons. The first-order valence-electron chi connectivity index (χ1n) is 18.1. The maximum absolute atomic E-state index is 13.0. The number of methoxy groups -OCH3 is 1. The van der Waals surface area contributed by atoms with Crippen molar-refractivity contribution >= 4 is 35.4 Å². The second kappa shape index (κ2) is 19.2. The van der Waals surface area contributed by atoms with Gasteiger partial charge in [-0.3, -0.25) is 4.79 Å². The number of rotatable bonds is 14. The highest BCUT2D eigenvalue weighted by atomic mass is 32.2. The molecule has 0 aliphatic carbocycles. The van der Waals surface area contributed by atoms with Crippen LogP contribution < -0.4 is 16.0 Å². The zero-order valence-corrected chi connectivity index (χ0v) is 31.6. The molecule has 3 amide bonds. The van der Waals surface area contributed by atoms with Gasteiger partial charge < -0.3 is 35.3 Å². The molecule has 10 nitrogen and oxygen atoms in total. The van der Waals surface area contributed by atoms with E-state index < -0.39 is 24.3 Å². The van der Waals surface area contributed by atoms with E-state index in [1.54, 1.807) is 11.8 Å².